The number of aryl methyl sites for hydroxylation is 1. The molecule has 4 rings (SSSR count). The molecule has 0 aliphatic carbocycles. The van der Waals surface area contributed by atoms with E-state index in [1.807, 2.05) is 25.1 Å². The van der Waals surface area contributed by atoms with Gasteiger partial charge in [0, 0.05) is 32.6 Å². The van der Waals surface area contributed by atoms with E-state index in [0.717, 1.165) is 5.56 Å². The van der Waals surface area contributed by atoms with E-state index < -0.39 is 5.92 Å². The minimum atomic E-state index is -0.718. The molecule has 0 spiro atoms. The Balaban J connectivity index is 1.69. The maximum atomic E-state index is 13.5. The summed E-state index contributed by atoms with van der Waals surface area (Å²) in [6, 6.07) is 23.6. The normalized spacial score (nSPS) is 15.2. The molecule has 3 aromatic carbocycles. The van der Waals surface area contributed by atoms with Crippen LogP contribution in [0.25, 0.3) is 0 Å². The lowest BCUT2D eigenvalue weighted by atomic mass is 9.82. The number of benzene rings is 3. The summed E-state index contributed by atoms with van der Waals surface area (Å²) in [5.41, 5.74) is 4.13. The lowest BCUT2D eigenvalue weighted by molar-refractivity contribution is -0.113. The number of ketones is 1. The summed E-state index contributed by atoms with van der Waals surface area (Å²) < 4.78 is 0. The van der Waals surface area contributed by atoms with E-state index in [9.17, 15) is 14.9 Å². The second kappa shape index (κ2) is 11.7. The molecule has 1 atom stereocenters. The van der Waals surface area contributed by atoms with Gasteiger partial charge in [-0.25, -0.2) is 0 Å². The largest absolute Gasteiger partial charge is 0.353 e. The molecule has 37 heavy (non-hydrogen) atoms. The number of nitrogens with zero attached hydrogens (tertiary/aromatic N) is 1. The molecular weight excluding hydrogens is 525 g/mol. The number of carbonyl (C=O) groups excluding carboxylic acids is 2. The quantitative estimate of drug-likeness (QED) is 0.304. The average Bonchev–Trinajstić information content (AvgIpc) is 2.88. The smallest absolute Gasteiger partial charge is 0.254 e. The van der Waals surface area contributed by atoms with Crippen LogP contribution in [0.2, 0.25) is 10.0 Å². The molecule has 0 bridgehead atoms. The number of hydrogen-bond donors (Lipinski definition) is 2. The van der Waals surface area contributed by atoms with E-state index in [0.29, 0.717) is 48.7 Å². The summed E-state index contributed by atoms with van der Waals surface area (Å²) in [7, 11) is 0. The molecule has 8 heteroatoms. The fourth-order valence-corrected chi connectivity index (χ4v) is 5.40. The number of Topliss-reactive ketones (excluding diaryl/α,β-unsaturated/α-hetero) is 1. The van der Waals surface area contributed by atoms with Gasteiger partial charge in [-0.2, -0.15) is 5.26 Å². The van der Waals surface area contributed by atoms with Gasteiger partial charge in [0.1, 0.15) is 0 Å². The molecule has 1 heterocycles. The number of amides is 1. The van der Waals surface area contributed by atoms with Gasteiger partial charge in [-0.1, -0.05) is 83.0 Å². The topological polar surface area (TPSA) is 82.0 Å². The number of nitrogens with one attached hydrogen (secondary N) is 2. The van der Waals surface area contributed by atoms with Gasteiger partial charge in [0.15, 0.2) is 5.78 Å². The van der Waals surface area contributed by atoms with Crippen molar-refractivity contribution in [2.24, 2.45) is 0 Å². The number of hydrogen-bond acceptors (Lipinski definition) is 5. The Morgan fingerprint density at radius 2 is 1.68 bits per heavy atom. The summed E-state index contributed by atoms with van der Waals surface area (Å²) in [4.78, 5) is 26.3. The molecule has 2 N–H and O–H groups in total. The van der Waals surface area contributed by atoms with Crippen molar-refractivity contribution in [2.75, 3.05) is 11.1 Å². The number of nitriles is 1. The van der Waals surface area contributed by atoms with Crippen molar-refractivity contribution in [3.05, 3.63) is 121 Å². The van der Waals surface area contributed by atoms with Gasteiger partial charge in [-0.05, 0) is 49.7 Å². The summed E-state index contributed by atoms with van der Waals surface area (Å²) in [6.07, 6.45) is 0. The molecule has 0 fully saturated rings. The molecule has 0 saturated heterocycles. The van der Waals surface area contributed by atoms with Crippen molar-refractivity contribution in [3.8, 4) is 6.07 Å². The third kappa shape index (κ3) is 6.08. The van der Waals surface area contributed by atoms with E-state index in [1.54, 1.807) is 61.5 Å². The molecule has 3 aromatic rings. The first-order valence-electron chi connectivity index (χ1n) is 11.4. The van der Waals surface area contributed by atoms with Crippen molar-refractivity contribution in [1.82, 2.24) is 5.32 Å². The number of allylic oxidation sites excluding steroid dienone is 2. The highest BCUT2D eigenvalue weighted by atomic mass is 35.5. The summed E-state index contributed by atoms with van der Waals surface area (Å²) in [5.74, 6) is -1.02. The summed E-state index contributed by atoms with van der Waals surface area (Å²) in [5, 5.41) is 17.9. The van der Waals surface area contributed by atoms with Crippen molar-refractivity contribution < 1.29 is 9.59 Å². The van der Waals surface area contributed by atoms with Crippen LogP contribution in [0, 0.1) is 18.3 Å². The Hall–Kier alpha value is -3.50. The van der Waals surface area contributed by atoms with E-state index >= 15 is 0 Å². The third-order valence-corrected chi connectivity index (χ3v) is 7.54. The lowest BCUT2D eigenvalue weighted by Gasteiger charge is -2.30. The van der Waals surface area contributed by atoms with Crippen LogP contribution < -0.4 is 10.6 Å². The predicted octanol–water partition coefficient (Wildman–Crippen LogP) is 7.25. The van der Waals surface area contributed by atoms with Crippen LogP contribution in [0.4, 0.5) is 5.69 Å². The first-order chi connectivity index (χ1) is 17.8. The number of dihydropyridines is 1. The standard InChI is InChI=1S/C29H23Cl2N3O2S/c1-17-7-9-19(10-8-17)25(35)16-37-29-23(15-32)27(22-5-3-4-6-24(22)31)26(18(2)33-29)28(36)34-21-13-11-20(30)12-14-21/h3-14,27,33H,16H2,1-2H3,(H,34,36)/t27-/m1/s1. The maximum absolute atomic E-state index is 13.5. The summed E-state index contributed by atoms with van der Waals surface area (Å²) >= 11 is 13.8. The fourth-order valence-electron chi connectivity index (χ4n) is 4.04. The number of rotatable bonds is 7. The van der Waals surface area contributed by atoms with Crippen LogP contribution in [0.5, 0.6) is 0 Å². The zero-order valence-corrected chi connectivity index (χ0v) is 22.5. The Labute approximate surface area is 230 Å². The van der Waals surface area contributed by atoms with E-state index in [2.05, 4.69) is 16.7 Å². The van der Waals surface area contributed by atoms with Crippen LogP contribution in [0.3, 0.4) is 0 Å². The second-order valence-electron chi connectivity index (χ2n) is 8.51. The van der Waals surface area contributed by atoms with Gasteiger partial charge >= 0.3 is 0 Å². The number of halogens is 2. The molecule has 5 nitrogen and oxygen atoms in total. The number of thioether (sulfide) groups is 1. The van der Waals surface area contributed by atoms with Crippen molar-refractivity contribution in [2.45, 2.75) is 19.8 Å². The highest BCUT2D eigenvalue weighted by Gasteiger charge is 2.36. The monoisotopic (exact) mass is 547 g/mol. The zero-order valence-electron chi connectivity index (χ0n) is 20.1. The van der Waals surface area contributed by atoms with Crippen LogP contribution in [-0.2, 0) is 4.79 Å². The Morgan fingerprint density at radius 1 is 1.00 bits per heavy atom. The van der Waals surface area contributed by atoms with Gasteiger partial charge in [-0.3, -0.25) is 9.59 Å². The van der Waals surface area contributed by atoms with Gasteiger partial charge in [0.05, 0.1) is 28.3 Å². The zero-order chi connectivity index (χ0) is 26.5. The SMILES string of the molecule is CC1=C(C(=O)Nc2ccc(Cl)cc2)[C@H](c2ccccc2Cl)C(C#N)=C(SCC(=O)c2ccc(C)cc2)N1. The number of anilines is 1. The minimum absolute atomic E-state index is 0.0567. The second-order valence-corrected chi connectivity index (χ2v) is 10.3. The van der Waals surface area contributed by atoms with Crippen LogP contribution in [0.1, 0.15) is 34.3 Å². The van der Waals surface area contributed by atoms with Gasteiger partial charge in [0.2, 0.25) is 0 Å². The Morgan fingerprint density at radius 3 is 2.32 bits per heavy atom. The van der Waals surface area contributed by atoms with Crippen LogP contribution in [-0.4, -0.2) is 17.4 Å². The third-order valence-electron chi connectivity index (χ3n) is 5.93. The van der Waals surface area contributed by atoms with Gasteiger partial charge in [0.25, 0.3) is 5.91 Å². The van der Waals surface area contributed by atoms with Crippen molar-refractivity contribution >= 4 is 52.3 Å². The van der Waals surface area contributed by atoms with Crippen LogP contribution in [0.15, 0.2) is 94.7 Å². The molecule has 0 aromatic heterocycles. The average molecular weight is 548 g/mol. The highest BCUT2D eigenvalue weighted by Crippen LogP contribution is 2.43. The molecule has 0 saturated carbocycles. The maximum Gasteiger partial charge on any atom is 0.254 e. The van der Waals surface area contributed by atoms with Gasteiger partial charge < -0.3 is 10.6 Å². The molecule has 0 radical (unpaired) electrons. The van der Waals surface area contributed by atoms with Crippen molar-refractivity contribution in [1.29, 1.82) is 5.26 Å². The predicted molar refractivity (Wildman–Crippen MR) is 151 cm³/mol. The molecule has 186 valence electrons. The molecule has 1 aliphatic heterocycles. The van der Waals surface area contributed by atoms with E-state index in [1.165, 1.54) is 11.8 Å². The summed E-state index contributed by atoms with van der Waals surface area (Å²) in [6.45, 7) is 3.74. The lowest BCUT2D eigenvalue weighted by Crippen LogP contribution is -2.31. The first-order valence-corrected chi connectivity index (χ1v) is 13.2. The van der Waals surface area contributed by atoms with Crippen molar-refractivity contribution in [3.63, 3.8) is 0 Å². The Kier molecular flexibility index (Phi) is 8.40. The molecule has 1 aliphatic rings. The Bertz CT molecular complexity index is 1460. The van der Waals surface area contributed by atoms with Gasteiger partial charge in [-0.15, -0.1) is 0 Å². The fraction of sp³-hybridized carbons (Fsp3) is 0.138. The minimum Gasteiger partial charge on any atom is -0.353 e. The molecule has 1 amide bonds. The molecular formula is C29H23Cl2N3O2S. The first kappa shape index (κ1) is 26.6. The van der Waals surface area contributed by atoms with E-state index in [4.69, 9.17) is 23.2 Å². The highest BCUT2D eigenvalue weighted by molar-refractivity contribution is 8.03. The van der Waals surface area contributed by atoms with E-state index in [-0.39, 0.29) is 17.4 Å². The number of carbonyl (C=O) groups is 2. The molecule has 0 unspecified atom stereocenters. The van der Waals surface area contributed by atoms with Crippen LogP contribution >= 0.6 is 35.0 Å².